The molecule has 0 aliphatic carbocycles. The number of nitrogens with zero attached hydrogens (tertiary/aromatic N) is 4. The van der Waals surface area contributed by atoms with Crippen LogP contribution in [0.4, 0.5) is 5.82 Å². The Morgan fingerprint density at radius 1 is 1.41 bits per heavy atom. The van der Waals surface area contributed by atoms with Gasteiger partial charge in [0.05, 0.1) is 6.54 Å². The summed E-state index contributed by atoms with van der Waals surface area (Å²) in [5.41, 5.74) is 0.380. The first kappa shape index (κ1) is 11.6. The Bertz CT molecular complexity index is 516. The first-order valence-corrected chi connectivity index (χ1v) is 6.21. The van der Waals surface area contributed by atoms with Crippen molar-refractivity contribution in [2.75, 3.05) is 11.4 Å². The summed E-state index contributed by atoms with van der Waals surface area (Å²) in [5, 5.41) is 11.1. The van der Waals surface area contributed by atoms with Crippen molar-refractivity contribution in [3.63, 3.8) is 0 Å². The predicted molar refractivity (Wildman–Crippen MR) is 67.8 cm³/mol. The topological polar surface area (TPSA) is 52.8 Å². The summed E-state index contributed by atoms with van der Waals surface area (Å²) >= 11 is 1.70. The zero-order valence-electron chi connectivity index (χ0n) is 9.50. The minimum atomic E-state index is 0.380. The Hall–Kier alpha value is -1.93. The van der Waals surface area contributed by atoms with Crippen LogP contribution in [0.25, 0.3) is 0 Å². The molecule has 0 saturated carbocycles. The molecule has 4 nitrogen and oxygen atoms in total. The zero-order valence-corrected chi connectivity index (χ0v) is 10.3. The molecule has 17 heavy (non-hydrogen) atoms. The second kappa shape index (κ2) is 5.41. The van der Waals surface area contributed by atoms with Crippen molar-refractivity contribution in [2.45, 2.75) is 13.5 Å². The van der Waals surface area contributed by atoms with E-state index in [-0.39, 0.29) is 0 Å². The normalized spacial score (nSPS) is 9.88. The quantitative estimate of drug-likeness (QED) is 0.829. The van der Waals surface area contributed by atoms with Crippen molar-refractivity contribution in [3.05, 3.63) is 40.5 Å². The van der Waals surface area contributed by atoms with Gasteiger partial charge in [0.25, 0.3) is 0 Å². The molecule has 0 saturated heterocycles. The van der Waals surface area contributed by atoms with E-state index in [0.29, 0.717) is 11.5 Å². The Balaban J connectivity index is 2.26. The summed E-state index contributed by atoms with van der Waals surface area (Å²) < 4.78 is 0. The summed E-state index contributed by atoms with van der Waals surface area (Å²) in [7, 11) is 0. The maximum Gasteiger partial charge on any atom is 0.183 e. The van der Waals surface area contributed by atoms with Crippen LogP contribution in [0, 0.1) is 11.3 Å². The first-order valence-electron chi connectivity index (χ1n) is 5.33. The van der Waals surface area contributed by atoms with E-state index in [2.05, 4.69) is 27.0 Å². The molecule has 2 rings (SSSR count). The second-order valence-electron chi connectivity index (χ2n) is 3.43. The van der Waals surface area contributed by atoms with Crippen LogP contribution < -0.4 is 4.90 Å². The van der Waals surface area contributed by atoms with Crippen molar-refractivity contribution in [1.29, 1.82) is 5.26 Å². The van der Waals surface area contributed by atoms with E-state index in [1.807, 2.05) is 18.4 Å². The molecule has 2 aromatic heterocycles. The molecule has 0 aliphatic rings. The van der Waals surface area contributed by atoms with Gasteiger partial charge in [-0.3, -0.25) is 0 Å². The molecule has 5 heteroatoms. The van der Waals surface area contributed by atoms with Crippen LogP contribution in [0.5, 0.6) is 0 Å². The van der Waals surface area contributed by atoms with Gasteiger partial charge in [0.15, 0.2) is 11.5 Å². The largest absolute Gasteiger partial charge is 0.349 e. The van der Waals surface area contributed by atoms with Gasteiger partial charge in [0, 0.05) is 23.8 Å². The number of aromatic nitrogens is 2. The standard InChI is InChI=1S/C12H12N4S/c1-2-16(9-10-4-3-7-17-10)12-11(8-13)14-5-6-15-12/h3-7H,2,9H2,1H3. The van der Waals surface area contributed by atoms with Gasteiger partial charge >= 0.3 is 0 Å². The number of anilines is 1. The average molecular weight is 244 g/mol. The van der Waals surface area contributed by atoms with E-state index in [1.54, 1.807) is 23.7 Å². The fourth-order valence-electron chi connectivity index (χ4n) is 1.57. The lowest BCUT2D eigenvalue weighted by molar-refractivity contribution is 0.815. The summed E-state index contributed by atoms with van der Waals surface area (Å²) in [6, 6.07) is 6.18. The highest BCUT2D eigenvalue weighted by Crippen LogP contribution is 2.19. The molecule has 0 radical (unpaired) electrons. The summed E-state index contributed by atoms with van der Waals surface area (Å²) in [6.07, 6.45) is 3.16. The highest BCUT2D eigenvalue weighted by Gasteiger charge is 2.12. The van der Waals surface area contributed by atoms with Gasteiger partial charge < -0.3 is 4.90 Å². The number of nitriles is 1. The molecule has 0 atom stereocenters. The van der Waals surface area contributed by atoms with Crippen LogP contribution >= 0.6 is 11.3 Å². The molecule has 0 spiro atoms. The fraction of sp³-hybridized carbons (Fsp3) is 0.250. The van der Waals surface area contributed by atoms with Crippen molar-refractivity contribution in [3.8, 4) is 6.07 Å². The van der Waals surface area contributed by atoms with E-state index in [1.165, 1.54) is 4.88 Å². The van der Waals surface area contributed by atoms with Gasteiger partial charge in [-0.05, 0) is 18.4 Å². The molecular weight excluding hydrogens is 232 g/mol. The van der Waals surface area contributed by atoms with Crippen molar-refractivity contribution < 1.29 is 0 Å². The number of hydrogen-bond acceptors (Lipinski definition) is 5. The van der Waals surface area contributed by atoms with Crippen LogP contribution in [-0.2, 0) is 6.54 Å². The third-order valence-electron chi connectivity index (χ3n) is 2.39. The fourth-order valence-corrected chi connectivity index (χ4v) is 2.29. The SMILES string of the molecule is CCN(Cc1cccs1)c1nccnc1C#N. The van der Waals surface area contributed by atoms with E-state index in [9.17, 15) is 0 Å². The van der Waals surface area contributed by atoms with Gasteiger partial charge in [0.1, 0.15) is 6.07 Å². The number of thiophene rings is 1. The van der Waals surface area contributed by atoms with Gasteiger partial charge in [-0.15, -0.1) is 11.3 Å². The molecule has 2 aromatic rings. The summed E-state index contributed by atoms with van der Waals surface area (Å²) in [5.74, 6) is 0.658. The van der Waals surface area contributed by atoms with Gasteiger partial charge in [0.2, 0.25) is 0 Å². The van der Waals surface area contributed by atoms with Crippen molar-refractivity contribution >= 4 is 17.2 Å². The van der Waals surface area contributed by atoms with Crippen molar-refractivity contribution in [1.82, 2.24) is 9.97 Å². The molecular formula is C12H12N4S. The van der Waals surface area contributed by atoms with Gasteiger partial charge in [-0.1, -0.05) is 6.07 Å². The van der Waals surface area contributed by atoms with E-state index >= 15 is 0 Å². The van der Waals surface area contributed by atoms with Crippen LogP contribution in [-0.4, -0.2) is 16.5 Å². The Morgan fingerprint density at radius 2 is 2.24 bits per heavy atom. The summed E-state index contributed by atoms with van der Waals surface area (Å²) in [4.78, 5) is 11.6. The van der Waals surface area contributed by atoms with E-state index in [0.717, 1.165) is 13.1 Å². The highest BCUT2D eigenvalue weighted by atomic mass is 32.1. The van der Waals surface area contributed by atoms with Gasteiger partial charge in [-0.25, -0.2) is 9.97 Å². The molecule has 0 aromatic carbocycles. The summed E-state index contributed by atoms with van der Waals surface area (Å²) in [6.45, 7) is 3.61. The van der Waals surface area contributed by atoms with E-state index in [4.69, 9.17) is 5.26 Å². The minimum absolute atomic E-state index is 0.380. The third-order valence-corrected chi connectivity index (χ3v) is 3.25. The Labute approximate surface area is 104 Å². The molecule has 0 N–H and O–H groups in total. The highest BCUT2D eigenvalue weighted by molar-refractivity contribution is 7.09. The minimum Gasteiger partial charge on any atom is -0.349 e. The number of rotatable bonds is 4. The molecule has 0 bridgehead atoms. The molecule has 2 heterocycles. The zero-order chi connectivity index (χ0) is 12.1. The number of hydrogen-bond donors (Lipinski definition) is 0. The molecule has 0 amide bonds. The lowest BCUT2D eigenvalue weighted by Gasteiger charge is -2.21. The molecule has 0 fully saturated rings. The van der Waals surface area contributed by atoms with Crippen LogP contribution in [0.1, 0.15) is 17.5 Å². The lowest BCUT2D eigenvalue weighted by Crippen LogP contribution is -2.23. The lowest BCUT2D eigenvalue weighted by atomic mass is 10.3. The van der Waals surface area contributed by atoms with E-state index < -0.39 is 0 Å². The third kappa shape index (κ3) is 2.60. The Kier molecular flexibility index (Phi) is 3.68. The predicted octanol–water partition coefficient (Wildman–Crippen LogP) is 2.44. The monoisotopic (exact) mass is 244 g/mol. The van der Waals surface area contributed by atoms with Crippen molar-refractivity contribution in [2.24, 2.45) is 0 Å². The maximum atomic E-state index is 9.01. The van der Waals surface area contributed by atoms with Gasteiger partial charge in [-0.2, -0.15) is 5.26 Å². The van der Waals surface area contributed by atoms with Crippen LogP contribution in [0.15, 0.2) is 29.9 Å². The van der Waals surface area contributed by atoms with Crippen LogP contribution in [0.2, 0.25) is 0 Å². The maximum absolute atomic E-state index is 9.01. The molecule has 0 unspecified atom stereocenters. The van der Waals surface area contributed by atoms with Crippen LogP contribution in [0.3, 0.4) is 0 Å². The molecule has 0 aliphatic heterocycles. The second-order valence-corrected chi connectivity index (χ2v) is 4.47. The Morgan fingerprint density at radius 3 is 2.88 bits per heavy atom. The first-order chi connectivity index (χ1) is 8.35. The smallest absolute Gasteiger partial charge is 0.183 e. The molecule has 86 valence electrons. The average Bonchev–Trinajstić information content (AvgIpc) is 2.89.